The molecule has 1 aliphatic carbocycles. The molecule has 10 heteroatoms. The maximum absolute atomic E-state index is 13.4. The van der Waals surface area contributed by atoms with Crippen LogP contribution in [0.1, 0.15) is 59.3 Å². The van der Waals surface area contributed by atoms with Crippen LogP contribution in [0.25, 0.3) is 0 Å². The molecule has 1 saturated heterocycles. The van der Waals surface area contributed by atoms with Crippen LogP contribution in [0, 0.1) is 21.4 Å². The fourth-order valence-electron chi connectivity index (χ4n) is 5.28. The van der Waals surface area contributed by atoms with E-state index in [1.54, 1.807) is 42.0 Å². The van der Waals surface area contributed by atoms with Gasteiger partial charge in [0.15, 0.2) is 0 Å². The van der Waals surface area contributed by atoms with Crippen molar-refractivity contribution in [3.05, 3.63) is 74.0 Å². The Bertz CT molecular complexity index is 1370. The van der Waals surface area contributed by atoms with Crippen molar-refractivity contribution in [1.29, 1.82) is 0 Å². The standard InChI is InChI=1S/C29H34N4O5S/c1-29(2,3)20-7-8-22-25(16-20)39-28(26(22)27(34)30-18-21-5-4-12-38-21)31-17-19-6-9-23(24(15-19)33(35)36)32-10-13-37-14-11-32/h4-6,9,12,15,17,20H,7-8,10-11,13-14,16,18H2,1-3H3,(H,30,34)/t20-/m1/s1. The smallest absolute Gasteiger partial charge is 0.293 e. The molecule has 9 nitrogen and oxygen atoms in total. The molecular weight excluding hydrogens is 516 g/mol. The highest BCUT2D eigenvalue weighted by atomic mass is 32.1. The third-order valence-corrected chi connectivity index (χ3v) is 8.74. The number of thiophene rings is 1. The van der Waals surface area contributed by atoms with E-state index in [2.05, 4.69) is 26.1 Å². The van der Waals surface area contributed by atoms with Crippen LogP contribution in [0.5, 0.6) is 0 Å². The van der Waals surface area contributed by atoms with E-state index >= 15 is 0 Å². The summed E-state index contributed by atoms with van der Waals surface area (Å²) < 4.78 is 10.8. The van der Waals surface area contributed by atoms with Crippen LogP contribution in [0.15, 0.2) is 46.0 Å². The zero-order valence-corrected chi connectivity index (χ0v) is 23.4. The van der Waals surface area contributed by atoms with Gasteiger partial charge in [-0.1, -0.05) is 26.8 Å². The zero-order chi connectivity index (χ0) is 27.6. The van der Waals surface area contributed by atoms with Crippen molar-refractivity contribution in [2.45, 2.75) is 46.6 Å². The quantitative estimate of drug-likeness (QED) is 0.222. The monoisotopic (exact) mass is 550 g/mol. The van der Waals surface area contributed by atoms with E-state index in [1.807, 2.05) is 17.0 Å². The highest BCUT2D eigenvalue weighted by molar-refractivity contribution is 7.16. The average Bonchev–Trinajstić information content (AvgIpc) is 3.57. The summed E-state index contributed by atoms with van der Waals surface area (Å²) in [5, 5.41) is 15.5. The molecule has 0 radical (unpaired) electrons. The number of fused-ring (bicyclic) bond motifs is 1. The van der Waals surface area contributed by atoms with Gasteiger partial charge in [-0.25, -0.2) is 4.99 Å². The first kappa shape index (κ1) is 27.1. The predicted molar refractivity (Wildman–Crippen MR) is 153 cm³/mol. The van der Waals surface area contributed by atoms with Crippen molar-refractivity contribution >= 4 is 39.8 Å². The number of benzene rings is 1. The van der Waals surface area contributed by atoms with Gasteiger partial charge in [-0.3, -0.25) is 14.9 Å². The third-order valence-electron chi connectivity index (χ3n) is 7.58. The van der Waals surface area contributed by atoms with Gasteiger partial charge in [0.2, 0.25) is 0 Å². The van der Waals surface area contributed by atoms with Crippen LogP contribution in [-0.4, -0.2) is 43.3 Å². The topological polar surface area (TPSA) is 110 Å². The second-order valence-electron chi connectivity index (χ2n) is 11.1. The van der Waals surface area contributed by atoms with Crippen LogP contribution in [0.2, 0.25) is 0 Å². The van der Waals surface area contributed by atoms with Crippen LogP contribution >= 0.6 is 11.3 Å². The zero-order valence-electron chi connectivity index (χ0n) is 22.6. The molecule has 0 bridgehead atoms. The minimum absolute atomic E-state index is 0.0377. The third kappa shape index (κ3) is 6.07. The van der Waals surface area contributed by atoms with Gasteiger partial charge in [0.05, 0.1) is 36.5 Å². The summed E-state index contributed by atoms with van der Waals surface area (Å²) in [6, 6.07) is 8.77. The molecule has 5 rings (SSSR count). The van der Waals surface area contributed by atoms with Crippen LogP contribution < -0.4 is 10.2 Å². The van der Waals surface area contributed by atoms with Crippen LogP contribution in [0.3, 0.4) is 0 Å². The Morgan fingerprint density at radius 2 is 2.08 bits per heavy atom. The molecule has 3 aromatic rings. The number of amides is 1. The molecule has 2 aliphatic rings. The molecule has 0 saturated carbocycles. The van der Waals surface area contributed by atoms with E-state index in [9.17, 15) is 14.9 Å². The van der Waals surface area contributed by atoms with E-state index < -0.39 is 0 Å². The number of hydrogen-bond acceptors (Lipinski definition) is 8. The van der Waals surface area contributed by atoms with Gasteiger partial charge in [0.1, 0.15) is 16.4 Å². The Balaban J connectivity index is 1.45. The number of nitrogens with one attached hydrogen (secondary N) is 1. The van der Waals surface area contributed by atoms with Crippen LogP contribution in [-0.2, 0) is 24.1 Å². The number of nitro benzene ring substituents is 1. The summed E-state index contributed by atoms with van der Waals surface area (Å²) in [5.74, 6) is 1.02. The first-order chi connectivity index (χ1) is 18.7. The number of nitro groups is 1. The molecule has 206 valence electrons. The molecule has 1 aromatic carbocycles. The summed E-state index contributed by atoms with van der Waals surface area (Å²) in [5.41, 5.74) is 3.07. The molecule has 1 aliphatic heterocycles. The lowest BCUT2D eigenvalue weighted by Crippen LogP contribution is -2.36. The number of anilines is 1. The highest BCUT2D eigenvalue weighted by Gasteiger charge is 2.33. The van der Waals surface area contributed by atoms with Crippen molar-refractivity contribution in [3.8, 4) is 0 Å². The lowest BCUT2D eigenvalue weighted by Gasteiger charge is -2.33. The first-order valence-corrected chi connectivity index (χ1v) is 14.1. The van der Waals surface area contributed by atoms with Crippen molar-refractivity contribution in [1.82, 2.24) is 5.32 Å². The van der Waals surface area contributed by atoms with Gasteiger partial charge >= 0.3 is 0 Å². The number of nitrogens with zero attached hydrogens (tertiary/aromatic N) is 3. The number of carbonyl (C=O) groups is 1. The molecule has 1 atom stereocenters. The fraction of sp³-hybridized carbons (Fsp3) is 0.448. The summed E-state index contributed by atoms with van der Waals surface area (Å²) in [6.07, 6.45) is 5.96. The summed E-state index contributed by atoms with van der Waals surface area (Å²) in [6.45, 7) is 9.40. The van der Waals surface area contributed by atoms with Crippen LogP contribution in [0.4, 0.5) is 16.4 Å². The van der Waals surface area contributed by atoms with Gasteiger partial charge < -0.3 is 19.4 Å². The van der Waals surface area contributed by atoms with Crippen molar-refractivity contribution in [2.24, 2.45) is 16.3 Å². The van der Waals surface area contributed by atoms with Gasteiger partial charge in [-0.15, -0.1) is 11.3 Å². The van der Waals surface area contributed by atoms with Gasteiger partial charge in [-0.2, -0.15) is 0 Å². The SMILES string of the molecule is CC(C)(C)[C@@H]1CCc2c(sc(N=Cc3ccc(N4CCOCC4)c([N+](=O)[O-])c3)c2C(=O)NCc2ccco2)C1. The number of carbonyl (C=O) groups excluding carboxylic acids is 1. The van der Waals surface area contributed by atoms with E-state index in [0.29, 0.717) is 66.3 Å². The minimum Gasteiger partial charge on any atom is -0.467 e. The van der Waals surface area contributed by atoms with Crippen molar-refractivity contribution < 1.29 is 18.9 Å². The molecule has 39 heavy (non-hydrogen) atoms. The predicted octanol–water partition coefficient (Wildman–Crippen LogP) is 5.92. The molecule has 3 heterocycles. The Morgan fingerprint density at radius 3 is 2.77 bits per heavy atom. The van der Waals surface area contributed by atoms with Gasteiger partial charge in [-0.05, 0) is 59.9 Å². The largest absolute Gasteiger partial charge is 0.467 e. The van der Waals surface area contributed by atoms with E-state index in [4.69, 9.17) is 14.1 Å². The van der Waals surface area contributed by atoms with Crippen molar-refractivity contribution in [3.63, 3.8) is 0 Å². The van der Waals surface area contributed by atoms with E-state index in [-0.39, 0.29) is 21.9 Å². The second-order valence-corrected chi connectivity index (χ2v) is 12.2. The molecule has 0 spiro atoms. The van der Waals surface area contributed by atoms with Crippen molar-refractivity contribution in [2.75, 3.05) is 31.2 Å². The summed E-state index contributed by atoms with van der Waals surface area (Å²) in [4.78, 5) is 32.9. The lowest BCUT2D eigenvalue weighted by molar-refractivity contribution is -0.384. The molecular formula is C29H34N4O5S. The van der Waals surface area contributed by atoms with Gasteiger partial charge in [0, 0.05) is 30.2 Å². The maximum Gasteiger partial charge on any atom is 0.293 e. The number of rotatable bonds is 7. The average molecular weight is 551 g/mol. The van der Waals surface area contributed by atoms with E-state index in [1.165, 1.54) is 4.88 Å². The Hall–Kier alpha value is -3.50. The lowest BCUT2D eigenvalue weighted by atomic mass is 9.72. The fourth-order valence-corrected chi connectivity index (χ4v) is 6.55. The number of aliphatic imine (C=N–C) groups is 1. The Kier molecular flexibility index (Phi) is 7.86. The number of furan rings is 1. The Labute approximate surface area is 232 Å². The highest BCUT2D eigenvalue weighted by Crippen LogP contribution is 2.45. The summed E-state index contributed by atoms with van der Waals surface area (Å²) in [7, 11) is 0. The number of ether oxygens (including phenoxy) is 1. The summed E-state index contributed by atoms with van der Waals surface area (Å²) >= 11 is 1.55. The maximum atomic E-state index is 13.4. The second kappa shape index (κ2) is 11.3. The normalized spacial score (nSPS) is 17.8. The molecule has 1 N–H and O–H groups in total. The molecule has 0 unspecified atom stereocenters. The minimum atomic E-state index is -0.355. The molecule has 1 fully saturated rings. The number of hydrogen-bond donors (Lipinski definition) is 1. The van der Waals surface area contributed by atoms with E-state index in [0.717, 1.165) is 24.8 Å². The first-order valence-electron chi connectivity index (χ1n) is 13.3. The molecule has 1 amide bonds. The molecule has 2 aromatic heterocycles. The number of morpholine rings is 1. The Morgan fingerprint density at radius 1 is 1.28 bits per heavy atom. The van der Waals surface area contributed by atoms with Gasteiger partial charge in [0.25, 0.3) is 11.6 Å².